The van der Waals surface area contributed by atoms with Crippen LogP contribution in [0.1, 0.15) is 56.3 Å². The lowest BCUT2D eigenvalue weighted by atomic mass is 9.91. The zero-order chi connectivity index (χ0) is 18.0. The summed E-state index contributed by atoms with van der Waals surface area (Å²) in [5.41, 5.74) is 8.57. The number of carbonyl (C=O) groups is 1. The molecule has 0 saturated heterocycles. The molecule has 134 valence electrons. The summed E-state index contributed by atoms with van der Waals surface area (Å²) in [5.74, 6) is 0.477. The largest absolute Gasteiger partial charge is 0.381 e. The highest BCUT2D eigenvalue weighted by molar-refractivity contribution is 9.10. The number of pyridine rings is 1. The van der Waals surface area contributed by atoms with Crippen molar-refractivity contribution in [3.63, 3.8) is 0 Å². The van der Waals surface area contributed by atoms with Gasteiger partial charge in [-0.15, -0.1) is 0 Å². The molecule has 0 radical (unpaired) electrons. The van der Waals surface area contributed by atoms with Gasteiger partial charge in [0.25, 0.3) is 0 Å². The molecule has 1 fully saturated rings. The highest BCUT2D eigenvalue weighted by atomic mass is 79.9. The van der Waals surface area contributed by atoms with Gasteiger partial charge < -0.3 is 11.1 Å². The number of nitrogens with zero attached hydrogens (tertiary/aromatic N) is 1. The number of rotatable bonds is 5. The number of hydrogen-bond donors (Lipinski definition) is 2. The molecule has 1 heterocycles. The van der Waals surface area contributed by atoms with E-state index in [0.29, 0.717) is 30.0 Å². The Morgan fingerprint density at radius 2 is 2.04 bits per heavy atom. The van der Waals surface area contributed by atoms with Crippen molar-refractivity contribution in [3.8, 4) is 0 Å². The van der Waals surface area contributed by atoms with E-state index in [0.717, 1.165) is 46.7 Å². The number of Topliss-reactive ketones (excluding diaryl/α,β-unsaturated/α-hetero) is 1. The smallest absolute Gasteiger partial charge is 0.166 e. The fourth-order valence-electron chi connectivity index (χ4n) is 3.48. The summed E-state index contributed by atoms with van der Waals surface area (Å²) in [6.07, 6.45) is 6.40. The minimum atomic E-state index is 0.152. The molecule has 25 heavy (non-hydrogen) atoms. The van der Waals surface area contributed by atoms with Crippen LogP contribution in [0.25, 0.3) is 10.9 Å². The molecule has 3 N–H and O–H groups in total. The van der Waals surface area contributed by atoms with Crippen LogP contribution in [0.5, 0.6) is 0 Å². The number of nitrogens with one attached hydrogen (secondary N) is 1. The maximum Gasteiger partial charge on any atom is 0.166 e. The van der Waals surface area contributed by atoms with Crippen LogP contribution in [0.2, 0.25) is 0 Å². The van der Waals surface area contributed by atoms with Crippen molar-refractivity contribution in [1.82, 2.24) is 4.98 Å². The van der Waals surface area contributed by atoms with Crippen LogP contribution in [-0.4, -0.2) is 22.9 Å². The minimum absolute atomic E-state index is 0.152. The molecule has 0 bridgehead atoms. The molecule has 0 amide bonds. The van der Waals surface area contributed by atoms with Crippen molar-refractivity contribution in [1.29, 1.82) is 0 Å². The Balaban J connectivity index is 2.01. The van der Waals surface area contributed by atoms with Crippen LogP contribution < -0.4 is 11.1 Å². The van der Waals surface area contributed by atoms with E-state index in [9.17, 15) is 4.79 Å². The van der Waals surface area contributed by atoms with E-state index >= 15 is 0 Å². The standard InChI is InChI=1S/C20H26BrN3O/c1-12(2)9-19(25)17-11-23-18-8-3-13(21)10-16(18)20(17)24-15-6-4-14(22)5-7-15/h3,8,10-12,14-15H,4-7,9,22H2,1-2H3,(H,23,24). The number of ketones is 1. The summed E-state index contributed by atoms with van der Waals surface area (Å²) < 4.78 is 0.990. The number of carbonyl (C=O) groups excluding carboxylic acids is 1. The average Bonchev–Trinajstić information content (AvgIpc) is 2.56. The van der Waals surface area contributed by atoms with Crippen LogP contribution in [-0.2, 0) is 0 Å². The molecule has 0 atom stereocenters. The van der Waals surface area contributed by atoms with Gasteiger partial charge in [-0.1, -0.05) is 29.8 Å². The van der Waals surface area contributed by atoms with Crippen LogP contribution >= 0.6 is 15.9 Å². The van der Waals surface area contributed by atoms with Gasteiger partial charge in [-0.3, -0.25) is 9.78 Å². The van der Waals surface area contributed by atoms with Crippen LogP contribution in [0.15, 0.2) is 28.9 Å². The normalized spacial score (nSPS) is 20.8. The molecule has 1 aromatic carbocycles. The number of hydrogen-bond acceptors (Lipinski definition) is 4. The fourth-order valence-corrected chi connectivity index (χ4v) is 3.84. The molecule has 2 aromatic rings. The maximum absolute atomic E-state index is 12.8. The molecule has 3 rings (SSSR count). The number of anilines is 1. The molecule has 4 nitrogen and oxygen atoms in total. The maximum atomic E-state index is 12.8. The molecule has 1 saturated carbocycles. The monoisotopic (exact) mass is 403 g/mol. The van der Waals surface area contributed by atoms with E-state index in [1.54, 1.807) is 6.20 Å². The summed E-state index contributed by atoms with van der Waals surface area (Å²) in [7, 11) is 0. The summed E-state index contributed by atoms with van der Waals surface area (Å²) in [5, 5.41) is 4.66. The summed E-state index contributed by atoms with van der Waals surface area (Å²) >= 11 is 3.54. The van der Waals surface area contributed by atoms with Crippen molar-refractivity contribution in [2.75, 3.05) is 5.32 Å². The zero-order valence-electron chi connectivity index (χ0n) is 14.9. The molecule has 0 spiro atoms. The lowest BCUT2D eigenvalue weighted by Gasteiger charge is -2.29. The third-order valence-electron chi connectivity index (χ3n) is 4.84. The zero-order valence-corrected chi connectivity index (χ0v) is 16.5. The predicted molar refractivity (Wildman–Crippen MR) is 107 cm³/mol. The predicted octanol–water partition coefficient (Wildman–Crippen LogP) is 4.91. The topological polar surface area (TPSA) is 68.0 Å². The Labute approximate surface area is 157 Å². The first-order chi connectivity index (χ1) is 11.9. The molecular weight excluding hydrogens is 378 g/mol. The number of fused-ring (bicyclic) bond motifs is 1. The lowest BCUT2D eigenvalue weighted by Crippen LogP contribution is -2.33. The van der Waals surface area contributed by atoms with E-state index < -0.39 is 0 Å². The van der Waals surface area contributed by atoms with Gasteiger partial charge >= 0.3 is 0 Å². The van der Waals surface area contributed by atoms with Gasteiger partial charge in [0.1, 0.15) is 0 Å². The van der Waals surface area contributed by atoms with Crippen LogP contribution in [0.3, 0.4) is 0 Å². The van der Waals surface area contributed by atoms with Crippen molar-refractivity contribution >= 4 is 38.3 Å². The Morgan fingerprint density at radius 3 is 2.72 bits per heavy atom. The first-order valence-corrected chi connectivity index (χ1v) is 9.87. The quantitative estimate of drug-likeness (QED) is 0.695. The van der Waals surface area contributed by atoms with Crippen molar-refractivity contribution in [3.05, 3.63) is 34.4 Å². The Morgan fingerprint density at radius 1 is 1.32 bits per heavy atom. The molecule has 1 aliphatic carbocycles. The second-order valence-electron chi connectivity index (χ2n) is 7.49. The SMILES string of the molecule is CC(C)CC(=O)c1cnc2ccc(Br)cc2c1NC1CCC(N)CC1. The van der Waals surface area contributed by atoms with Gasteiger partial charge in [0, 0.05) is 34.6 Å². The summed E-state index contributed by atoms with van der Waals surface area (Å²) in [6.45, 7) is 4.14. The van der Waals surface area contributed by atoms with Crippen LogP contribution in [0, 0.1) is 5.92 Å². The Kier molecular flexibility index (Phi) is 5.74. The first-order valence-electron chi connectivity index (χ1n) is 9.07. The lowest BCUT2D eigenvalue weighted by molar-refractivity contribution is 0.0968. The van der Waals surface area contributed by atoms with Crippen molar-refractivity contribution in [2.24, 2.45) is 11.7 Å². The van der Waals surface area contributed by atoms with Crippen molar-refractivity contribution < 1.29 is 4.79 Å². The van der Waals surface area contributed by atoms with Gasteiger partial charge in [-0.2, -0.15) is 0 Å². The molecular formula is C20H26BrN3O. The highest BCUT2D eigenvalue weighted by Crippen LogP contribution is 2.32. The van der Waals surface area contributed by atoms with Gasteiger partial charge in [-0.05, 0) is 49.8 Å². The summed E-state index contributed by atoms with van der Waals surface area (Å²) in [4.78, 5) is 17.3. The Hall–Kier alpha value is -1.46. The third kappa shape index (κ3) is 4.39. The fraction of sp³-hybridized carbons (Fsp3) is 0.500. The molecule has 0 unspecified atom stereocenters. The van der Waals surface area contributed by atoms with E-state index in [2.05, 4.69) is 40.1 Å². The first kappa shape index (κ1) is 18.3. The third-order valence-corrected chi connectivity index (χ3v) is 5.34. The molecule has 5 heteroatoms. The summed E-state index contributed by atoms with van der Waals surface area (Å²) in [6, 6.07) is 6.68. The number of aromatic nitrogens is 1. The van der Waals surface area contributed by atoms with E-state index in [-0.39, 0.29) is 5.78 Å². The Bertz CT molecular complexity index is 767. The number of benzene rings is 1. The van der Waals surface area contributed by atoms with Crippen LogP contribution in [0.4, 0.5) is 5.69 Å². The van der Waals surface area contributed by atoms with Gasteiger partial charge in [0.2, 0.25) is 0 Å². The van der Waals surface area contributed by atoms with E-state index in [4.69, 9.17) is 5.73 Å². The minimum Gasteiger partial charge on any atom is -0.381 e. The second-order valence-corrected chi connectivity index (χ2v) is 8.40. The highest BCUT2D eigenvalue weighted by Gasteiger charge is 2.22. The van der Waals surface area contributed by atoms with Gasteiger partial charge in [0.15, 0.2) is 5.78 Å². The second kappa shape index (κ2) is 7.83. The van der Waals surface area contributed by atoms with E-state index in [1.165, 1.54) is 0 Å². The van der Waals surface area contributed by atoms with Gasteiger partial charge in [0.05, 0.1) is 16.8 Å². The van der Waals surface area contributed by atoms with E-state index in [1.807, 2.05) is 18.2 Å². The average molecular weight is 404 g/mol. The molecule has 1 aromatic heterocycles. The van der Waals surface area contributed by atoms with Crippen molar-refractivity contribution in [2.45, 2.75) is 58.0 Å². The molecule has 0 aliphatic heterocycles. The molecule has 1 aliphatic rings. The number of nitrogens with two attached hydrogens (primary N) is 1. The van der Waals surface area contributed by atoms with Gasteiger partial charge in [-0.25, -0.2) is 0 Å². The number of halogens is 1.